The van der Waals surface area contributed by atoms with E-state index in [9.17, 15) is 9.59 Å². The first-order valence-electron chi connectivity index (χ1n) is 12.2. The molecule has 0 saturated heterocycles. The highest BCUT2D eigenvalue weighted by Crippen LogP contribution is 2.31. The second-order valence-corrected chi connectivity index (χ2v) is 9.01. The second-order valence-electron chi connectivity index (χ2n) is 9.01. The highest BCUT2D eigenvalue weighted by Gasteiger charge is 2.24. The minimum absolute atomic E-state index is 0.0670. The molecule has 7 nitrogen and oxygen atoms in total. The van der Waals surface area contributed by atoms with Gasteiger partial charge in [0.15, 0.2) is 17.6 Å². The van der Waals surface area contributed by atoms with Gasteiger partial charge in [0.25, 0.3) is 5.56 Å². The van der Waals surface area contributed by atoms with Crippen LogP contribution < -0.4 is 15.0 Å². The highest BCUT2D eigenvalue weighted by atomic mass is 16.6. The lowest BCUT2D eigenvalue weighted by atomic mass is 10.1. The average Bonchev–Trinajstić information content (AvgIpc) is 2.91. The molecule has 1 aliphatic rings. The number of nitrogens with zero attached hydrogens (tertiary/aromatic N) is 3. The van der Waals surface area contributed by atoms with Gasteiger partial charge >= 0.3 is 0 Å². The monoisotopic (exact) mass is 483 g/mol. The fourth-order valence-electron chi connectivity index (χ4n) is 4.49. The Bertz CT molecular complexity index is 1420. The van der Waals surface area contributed by atoms with Crippen molar-refractivity contribution in [2.45, 2.75) is 31.9 Å². The maximum absolute atomic E-state index is 13.4. The third-order valence-corrected chi connectivity index (χ3v) is 6.43. The van der Waals surface area contributed by atoms with E-state index in [0.717, 1.165) is 17.5 Å². The summed E-state index contributed by atoms with van der Waals surface area (Å²) in [5.74, 6) is 1.34. The molecule has 4 aromatic rings. The van der Waals surface area contributed by atoms with Crippen molar-refractivity contribution < 1.29 is 14.3 Å². The lowest BCUT2D eigenvalue weighted by Gasteiger charge is -2.29. The highest BCUT2D eigenvalue weighted by molar-refractivity contribution is 5.77. The second kappa shape index (κ2) is 10.6. The Hall–Kier alpha value is -4.13. The summed E-state index contributed by atoms with van der Waals surface area (Å²) >= 11 is 0. The van der Waals surface area contributed by atoms with Gasteiger partial charge in [-0.3, -0.25) is 9.59 Å². The zero-order valence-electron chi connectivity index (χ0n) is 20.3. The summed E-state index contributed by atoms with van der Waals surface area (Å²) in [4.78, 5) is 32.5. The summed E-state index contributed by atoms with van der Waals surface area (Å²) < 4.78 is 13.5. The molecule has 0 unspecified atom stereocenters. The Kier molecular flexibility index (Phi) is 6.98. The van der Waals surface area contributed by atoms with Gasteiger partial charge in [-0.05, 0) is 36.2 Å². The number of carbonyl (C=O) groups excluding carboxylic acids is 1. The third-order valence-electron chi connectivity index (χ3n) is 6.43. The molecule has 0 N–H and O–H groups in total. The number of likely N-dealkylation sites (N-methyl/N-ethyl adjacent to an activating group) is 1. The molecule has 184 valence electrons. The molecule has 0 aliphatic carbocycles. The molecule has 2 heterocycles. The number of para-hydroxylation sites is 4. The van der Waals surface area contributed by atoms with Gasteiger partial charge in [-0.15, -0.1) is 0 Å². The van der Waals surface area contributed by atoms with Crippen LogP contribution in [0.2, 0.25) is 0 Å². The van der Waals surface area contributed by atoms with Gasteiger partial charge in [0.05, 0.1) is 17.6 Å². The molecule has 0 radical (unpaired) electrons. The molecule has 7 heteroatoms. The van der Waals surface area contributed by atoms with Crippen molar-refractivity contribution >= 4 is 16.9 Å². The van der Waals surface area contributed by atoms with Crippen LogP contribution in [-0.2, 0) is 24.2 Å². The number of amides is 1. The number of rotatable bonds is 8. The Morgan fingerprint density at radius 2 is 1.69 bits per heavy atom. The van der Waals surface area contributed by atoms with Crippen LogP contribution in [0.3, 0.4) is 0 Å². The van der Waals surface area contributed by atoms with Crippen LogP contribution in [0.1, 0.15) is 17.7 Å². The number of fused-ring (bicyclic) bond motifs is 2. The van der Waals surface area contributed by atoms with Crippen molar-refractivity contribution in [3.05, 3.63) is 100 Å². The van der Waals surface area contributed by atoms with Crippen LogP contribution in [0, 0.1) is 0 Å². The van der Waals surface area contributed by atoms with Gasteiger partial charge in [0.1, 0.15) is 12.3 Å². The fourth-order valence-corrected chi connectivity index (χ4v) is 4.49. The molecule has 0 spiro atoms. The van der Waals surface area contributed by atoms with E-state index in [-0.39, 0.29) is 30.4 Å². The third kappa shape index (κ3) is 5.25. The zero-order valence-corrected chi connectivity index (χ0v) is 20.3. The van der Waals surface area contributed by atoms with Gasteiger partial charge in [0.2, 0.25) is 5.91 Å². The van der Waals surface area contributed by atoms with E-state index in [2.05, 4.69) is 17.1 Å². The Balaban J connectivity index is 1.26. The Labute approximate surface area is 209 Å². The average molecular weight is 484 g/mol. The fraction of sp³-hybridized carbons (Fsp3) is 0.276. The molecule has 0 fully saturated rings. The molecule has 1 aromatic heterocycles. The Morgan fingerprint density at radius 3 is 2.53 bits per heavy atom. The van der Waals surface area contributed by atoms with Gasteiger partial charge in [-0.25, -0.2) is 4.98 Å². The van der Waals surface area contributed by atoms with Crippen LogP contribution in [0.15, 0.2) is 83.7 Å². The number of ether oxygens (including phenoxy) is 2. The normalized spacial score (nSPS) is 14.5. The van der Waals surface area contributed by atoms with E-state index < -0.39 is 0 Å². The maximum Gasteiger partial charge on any atom is 0.272 e. The molecule has 0 bridgehead atoms. The summed E-state index contributed by atoms with van der Waals surface area (Å²) in [7, 11) is 1.75. The minimum atomic E-state index is -0.247. The number of aromatic nitrogens is 2. The summed E-state index contributed by atoms with van der Waals surface area (Å²) in [5, 5.41) is 0. The molecule has 5 rings (SSSR count). The molecule has 0 saturated carbocycles. The van der Waals surface area contributed by atoms with Crippen molar-refractivity contribution in [3.8, 4) is 11.5 Å². The van der Waals surface area contributed by atoms with Gasteiger partial charge in [-0.2, -0.15) is 0 Å². The van der Waals surface area contributed by atoms with Crippen LogP contribution in [-0.4, -0.2) is 46.7 Å². The van der Waals surface area contributed by atoms with E-state index in [1.807, 2.05) is 66.7 Å². The number of carbonyl (C=O) groups is 1. The maximum atomic E-state index is 13.4. The quantitative estimate of drug-likeness (QED) is 0.380. The molecular formula is C29H29N3O4. The van der Waals surface area contributed by atoms with Crippen molar-refractivity contribution in [2.24, 2.45) is 0 Å². The molecule has 1 aliphatic heterocycles. The van der Waals surface area contributed by atoms with Crippen molar-refractivity contribution in [2.75, 3.05) is 20.2 Å². The van der Waals surface area contributed by atoms with Crippen LogP contribution >= 0.6 is 0 Å². The summed E-state index contributed by atoms with van der Waals surface area (Å²) in [6.07, 6.45) is 0.966. The predicted octanol–water partition coefficient (Wildman–Crippen LogP) is 3.87. The van der Waals surface area contributed by atoms with Crippen LogP contribution in [0.5, 0.6) is 11.5 Å². The summed E-state index contributed by atoms with van der Waals surface area (Å²) in [6, 6.07) is 25.3. The van der Waals surface area contributed by atoms with Gasteiger partial charge < -0.3 is 18.9 Å². The van der Waals surface area contributed by atoms with Gasteiger partial charge in [0, 0.05) is 26.4 Å². The first-order valence-corrected chi connectivity index (χ1v) is 12.2. The molecule has 3 aromatic carbocycles. The van der Waals surface area contributed by atoms with E-state index >= 15 is 0 Å². The van der Waals surface area contributed by atoms with E-state index in [1.54, 1.807) is 16.5 Å². The molecular weight excluding hydrogens is 454 g/mol. The Morgan fingerprint density at radius 1 is 0.972 bits per heavy atom. The topological polar surface area (TPSA) is 73.7 Å². The predicted molar refractivity (Wildman–Crippen MR) is 138 cm³/mol. The van der Waals surface area contributed by atoms with Gasteiger partial charge in [-0.1, -0.05) is 54.6 Å². The van der Waals surface area contributed by atoms with Crippen molar-refractivity contribution in [1.29, 1.82) is 0 Å². The number of hydrogen-bond donors (Lipinski definition) is 0. The smallest absolute Gasteiger partial charge is 0.272 e. The number of hydrogen-bond acceptors (Lipinski definition) is 5. The lowest BCUT2D eigenvalue weighted by Crippen LogP contribution is -2.42. The van der Waals surface area contributed by atoms with Crippen molar-refractivity contribution in [3.63, 3.8) is 0 Å². The minimum Gasteiger partial charge on any atom is -0.486 e. The number of benzene rings is 3. The molecule has 1 atom stereocenters. The standard InChI is InChI=1S/C29H29N3O4/c1-31(19-22-20-35-26-13-7-8-14-27(26)36-22)28(33)16-15-24-29(34)32(18-17-21-9-3-2-4-10-21)25-12-6-5-11-23(25)30-24/h2-14,22H,15-20H2,1H3/t22-/m1/s1. The largest absolute Gasteiger partial charge is 0.486 e. The summed E-state index contributed by atoms with van der Waals surface area (Å²) in [6.45, 7) is 1.33. The number of aryl methyl sites for hydroxylation is 3. The van der Waals surface area contributed by atoms with E-state index in [0.29, 0.717) is 36.9 Å². The molecule has 36 heavy (non-hydrogen) atoms. The first-order chi connectivity index (χ1) is 17.6. The SMILES string of the molecule is CN(C[C@@H]1COc2ccccc2O1)C(=O)CCc1nc2ccccc2n(CCc2ccccc2)c1=O. The lowest BCUT2D eigenvalue weighted by molar-refractivity contribution is -0.131. The van der Waals surface area contributed by atoms with Crippen LogP contribution in [0.25, 0.3) is 11.0 Å². The van der Waals surface area contributed by atoms with E-state index in [4.69, 9.17) is 9.47 Å². The van der Waals surface area contributed by atoms with Crippen molar-refractivity contribution in [1.82, 2.24) is 14.5 Å². The first kappa shape index (κ1) is 23.6. The zero-order chi connectivity index (χ0) is 24.9. The van der Waals surface area contributed by atoms with E-state index in [1.165, 1.54) is 5.56 Å². The van der Waals surface area contributed by atoms with Crippen LogP contribution in [0.4, 0.5) is 0 Å². The summed E-state index contributed by atoms with van der Waals surface area (Å²) in [5.41, 5.74) is 3.00. The molecule has 1 amide bonds.